The summed E-state index contributed by atoms with van der Waals surface area (Å²) in [6.45, 7) is 2.34. The van der Waals surface area contributed by atoms with Gasteiger partial charge in [-0.3, -0.25) is 4.79 Å². The number of thiophene rings is 1. The zero-order chi connectivity index (χ0) is 16.1. The summed E-state index contributed by atoms with van der Waals surface area (Å²) >= 11 is 0.953. The largest absolute Gasteiger partial charge is 0.477 e. The van der Waals surface area contributed by atoms with E-state index >= 15 is 0 Å². The van der Waals surface area contributed by atoms with Crippen LogP contribution in [0.3, 0.4) is 0 Å². The molecule has 3 heterocycles. The molecule has 9 heteroatoms. The number of aromatic carboxylic acids is 1. The Morgan fingerprint density at radius 2 is 2.14 bits per heavy atom. The summed E-state index contributed by atoms with van der Waals surface area (Å²) in [5.41, 5.74) is 0. The Balaban J connectivity index is 1.99. The standard InChI is InChI=1S/C13H16N2O5S2/c1-8-10(7-9(21-8)13(17)18)22(19,20)15-6-4-12(16)14-5-2-3-11(14)15/h7,11H,2-6H2,1H3,(H,17,18). The molecule has 22 heavy (non-hydrogen) atoms. The van der Waals surface area contributed by atoms with E-state index in [0.717, 1.165) is 17.8 Å². The molecule has 1 unspecified atom stereocenters. The highest BCUT2D eigenvalue weighted by molar-refractivity contribution is 7.89. The normalized spacial score (nSPS) is 22.9. The van der Waals surface area contributed by atoms with Gasteiger partial charge < -0.3 is 10.0 Å². The highest BCUT2D eigenvalue weighted by atomic mass is 32.2. The van der Waals surface area contributed by atoms with Crippen LogP contribution >= 0.6 is 11.3 Å². The molecule has 1 aromatic heterocycles. The summed E-state index contributed by atoms with van der Waals surface area (Å²) in [4.78, 5) is 25.0. The first-order chi connectivity index (χ1) is 10.3. The van der Waals surface area contributed by atoms with Crippen molar-refractivity contribution in [2.45, 2.75) is 37.2 Å². The second kappa shape index (κ2) is 5.32. The van der Waals surface area contributed by atoms with E-state index in [4.69, 9.17) is 5.11 Å². The molecule has 7 nitrogen and oxygen atoms in total. The number of aryl methyl sites for hydroxylation is 1. The molecule has 2 aliphatic heterocycles. The van der Waals surface area contributed by atoms with Crippen LogP contribution in [-0.2, 0) is 14.8 Å². The molecule has 1 aromatic rings. The van der Waals surface area contributed by atoms with Gasteiger partial charge in [0.2, 0.25) is 15.9 Å². The smallest absolute Gasteiger partial charge is 0.345 e. The number of carboxylic acid groups (broad SMARTS) is 1. The minimum absolute atomic E-state index is 0.00689. The van der Waals surface area contributed by atoms with Crippen molar-refractivity contribution in [1.29, 1.82) is 0 Å². The molecule has 0 radical (unpaired) electrons. The third-order valence-corrected chi connectivity index (χ3v) is 7.28. The second-order valence-corrected chi connectivity index (χ2v) is 8.53. The fourth-order valence-corrected chi connectivity index (χ4v) is 6.09. The number of carboxylic acids is 1. The Morgan fingerprint density at radius 3 is 2.77 bits per heavy atom. The lowest BCUT2D eigenvalue weighted by atomic mass is 10.2. The molecule has 0 spiro atoms. The zero-order valence-corrected chi connectivity index (χ0v) is 13.6. The van der Waals surface area contributed by atoms with Gasteiger partial charge >= 0.3 is 5.97 Å². The maximum atomic E-state index is 12.9. The van der Waals surface area contributed by atoms with Crippen LogP contribution in [0.1, 0.15) is 33.8 Å². The van der Waals surface area contributed by atoms with Crippen molar-refractivity contribution in [3.05, 3.63) is 15.8 Å². The fourth-order valence-electron chi connectivity index (χ4n) is 3.07. The Labute approximate surface area is 132 Å². The summed E-state index contributed by atoms with van der Waals surface area (Å²) in [6, 6.07) is 1.22. The molecule has 0 bridgehead atoms. The van der Waals surface area contributed by atoms with Gasteiger partial charge in [0, 0.05) is 24.4 Å². The van der Waals surface area contributed by atoms with Gasteiger partial charge in [-0.15, -0.1) is 11.3 Å². The zero-order valence-electron chi connectivity index (χ0n) is 12.0. The first-order valence-corrected chi connectivity index (χ1v) is 9.23. The Kier molecular flexibility index (Phi) is 3.74. The van der Waals surface area contributed by atoms with E-state index < -0.39 is 22.2 Å². The van der Waals surface area contributed by atoms with Gasteiger partial charge in [0.1, 0.15) is 4.88 Å². The number of nitrogens with zero attached hydrogens (tertiary/aromatic N) is 2. The van der Waals surface area contributed by atoms with Crippen LogP contribution in [0, 0.1) is 6.92 Å². The Morgan fingerprint density at radius 1 is 1.41 bits per heavy atom. The third kappa shape index (κ3) is 2.33. The Bertz CT molecular complexity index is 740. The summed E-state index contributed by atoms with van der Waals surface area (Å²) in [5, 5.41) is 9.03. The van der Waals surface area contributed by atoms with E-state index in [1.165, 1.54) is 10.4 Å². The summed E-state index contributed by atoms with van der Waals surface area (Å²) in [5.74, 6) is -1.15. The van der Waals surface area contributed by atoms with Gasteiger partial charge in [-0.25, -0.2) is 13.2 Å². The molecule has 0 aliphatic carbocycles. The van der Waals surface area contributed by atoms with Crippen molar-refractivity contribution in [2.75, 3.05) is 13.1 Å². The first-order valence-electron chi connectivity index (χ1n) is 6.97. The quantitative estimate of drug-likeness (QED) is 0.886. The van der Waals surface area contributed by atoms with E-state index in [-0.39, 0.29) is 28.6 Å². The molecular formula is C13H16N2O5S2. The van der Waals surface area contributed by atoms with Gasteiger partial charge in [-0.1, -0.05) is 0 Å². The lowest BCUT2D eigenvalue weighted by molar-refractivity contribution is -0.137. The summed E-state index contributed by atoms with van der Waals surface area (Å²) in [7, 11) is -3.80. The van der Waals surface area contributed by atoms with Crippen molar-refractivity contribution >= 4 is 33.2 Å². The molecule has 1 atom stereocenters. The number of fused-ring (bicyclic) bond motifs is 1. The molecule has 0 saturated carbocycles. The lowest BCUT2D eigenvalue weighted by Crippen LogP contribution is -2.55. The average Bonchev–Trinajstić information content (AvgIpc) is 3.05. The SMILES string of the molecule is Cc1sc(C(=O)O)cc1S(=O)(=O)N1CCC(=O)N2CCCC21. The number of carbonyl (C=O) groups is 2. The average molecular weight is 344 g/mol. The van der Waals surface area contributed by atoms with E-state index in [1.54, 1.807) is 11.8 Å². The van der Waals surface area contributed by atoms with Crippen molar-refractivity contribution in [3.8, 4) is 0 Å². The van der Waals surface area contributed by atoms with Crippen LogP contribution < -0.4 is 0 Å². The fraction of sp³-hybridized carbons (Fsp3) is 0.538. The summed E-state index contributed by atoms with van der Waals surface area (Å²) in [6.07, 6.45) is 1.15. The minimum Gasteiger partial charge on any atom is -0.477 e. The van der Waals surface area contributed by atoms with Crippen LogP contribution in [0.4, 0.5) is 0 Å². The molecule has 2 aliphatic rings. The third-order valence-electron chi connectivity index (χ3n) is 4.09. The van der Waals surface area contributed by atoms with Gasteiger partial charge in [-0.2, -0.15) is 4.31 Å². The molecule has 2 saturated heterocycles. The van der Waals surface area contributed by atoms with E-state index in [0.29, 0.717) is 17.8 Å². The highest BCUT2D eigenvalue weighted by Crippen LogP contribution is 2.34. The predicted octanol–water partition coefficient (Wildman–Crippen LogP) is 1.10. The molecule has 0 aromatic carbocycles. The van der Waals surface area contributed by atoms with Crippen LogP contribution in [0.2, 0.25) is 0 Å². The van der Waals surface area contributed by atoms with Crippen LogP contribution in [0.25, 0.3) is 0 Å². The summed E-state index contributed by atoms with van der Waals surface area (Å²) < 4.78 is 27.1. The van der Waals surface area contributed by atoms with Crippen LogP contribution in [0.15, 0.2) is 11.0 Å². The van der Waals surface area contributed by atoms with Gasteiger partial charge in [0.05, 0.1) is 11.1 Å². The van der Waals surface area contributed by atoms with Crippen molar-refractivity contribution < 1.29 is 23.1 Å². The van der Waals surface area contributed by atoms with E-state index in [2.05, 4.69) is 0 Å². The number of amides is 1. The number of hydrogen-bond donors (Lipinski definition) is 1. The molecule has 3 rings (SSSR count). The molecular weight excluding hydrogens is 328 g/mol. The van der Waals surface area contributed by atoms with E-state index in [1.807, 2.05) is 0 Å². The van der Waals surface area contributed by atoms with E-state index in [9.17, 15) is 18.0 Å². The van der Waals surface area contributed by atoms with Gasteiger partial charge in [-0.05, 0) is 25.8 Å². The molecule has 2 fully saturated rings. The van der Waals surface area contributed by atoms with Gasteiger partial charge in [0.25, 0.3) is 0 Å². The maximum absolute atomic E-state index is 12.9. The van der Waals surface area contributed by atoms with Crippen molar-refractivity contribution in [2.24, 2.45) is 0 Å². The van der Waals surface area contributed by atoms with Gasteiger partial charge in [0.15, 0.2) is 0 Å². The number of rotatable bonds is 3. The second-order valence-electron chi connectivity index (χ2n) is 5.41. The van der Waals surface area contributed by atoms with Crippen LogP contribution in [0.5, 0.6) is 0 Å². The number of sulfonamides is 1. The monoisotopic (exact) mass is 344 g/mol. The predicted molar refractivity (Wildman–Crippen MR) is 79.3 cm³/mol. The van der Waals surface area contributed by atoms with Crippen molar-refractivity contribution in [1.82, 2.24) is 9.21 Å². The molecule has 1 N–H and O–H groups in total. The molecule has 120 valence electrons. The Hall–Kier alpha value is -1.45. The number of hydrogen-bond acceptors (Lipinski definition) is 5. The highest BCUT2D eigenvalue weighted by Gasteiger charge is 2.43. The minimum atomic E-state index is -3.80. The number of carbonyl (C=O) groups excluding carboxylic acids is 1. The lowest BCUT2D eigenvalue weighted by Gasteiger charge is -2.38. The van der Waals surface area contributed by atoms with Crippen molar-refractivity contribution in [3.63, 3.8) is 0 Å². The first kappa shape index (κ1) is 15.4. The topological polar surface area (TPSA) is 95.0 Å². The molecule has 1 amide bonds. The van der Waals surface area contributed by atoms with Crippen LogP contribution in [-0.4, -0.2) is 53.9 Å². The maximum Gasteiger partial charge on any atom is 0.345 e.